The van der Waals surface area contributed by atoms with Crippen molar-refractivity contribution in [2.45, 2.75) is 25.0 Å². The molecule has 0 fully saturated rings. The van der Waals surface area contributed by atoms with Gasteiger partial charge in [0, 0.05) is 13.0 Å². The number of para-hydroxylation sites is 1. The number of nitrogens with one attached hydrogen (secondary N) is 2. The number of anilines is 1. The van der Waals surface area contributed by atoms with Gasteiger partial charge in [-0.25, -0.2) is 9.59 Å². The van der Waals surface area contributed by atoms with Crippen LogP contribution in [0, 0.1) is 0 Å². The second-order valence-corrected chi connectivity index (χ2v) is 8.23. The molecule has 2 atom stereocenters. The summed E-state index contributed by atoms with van der Waals surface area (Å²) in [5, 5.41) is 14.5. The highest BCUT2D eigenvalue weighted by Gasteiger charge is 2.31. The Kier molecular flexibility index (Phi) is 7.12. The van der Waals surface area contributed by atoms with E-state index in [0.29, 0.717) is 0 Å². The Morgan fingerprint density at radius 1 is 0.914 bits per heavy atom. The summed E-state index contributed by atoms with van der Waals surface area (Å²) in [4.78, 5) is 37.1. The van der Waals surface area contributed by atoms with E-state index in [-0.39, 0.29) is 23.8 Å². The average molecular weight is 475 g/mol. The van der Waals surface area contributed by atoms with Crippen LogP contribution in [0.5, 0.6) is 0 Å². The van der Waals surface area contributed by atoms with E-state index in [1.165, 1.54) is 19.2 Å². The maximum atomic E-state index is 13.0. The van der Waals surface area contributed by atoms with Crippen molar-refractivity contribution in [3.8, 4) is 11.1 Å². The molecule has 0 bridgehead atoms. The third-order valence-corrected chi connectivity index (χ3v) is 6.16. The zero-order valence-electron chi connectivity index (χ0n) is 19.4. The SMILES string of the molecule is COC(C)C(NC(=O)OCC1c2ccccc2-c2ccccc21)C(=O)Nc1ccccc1C(=O)O. The van der Waals surface area contributed by atoms with Gasteiger partial charge in [0.15, 0.2) is 0 Å². The number of hydrogen-bond acceptors (Lipinski definition) is 5. The Labute approximate surface area is 202 Å². The van der Waals surface area contributed by atoms with Crippen molar-refractivity contribution < 1.29 is 29.0 Å². The Bertz CT molecular complexity index is 1210. The van der Waals surface area contributed by atoms with E-state index in [0.717, 1.165) is 22.3 Å². The first kappa shape index (κ1) is 24.0. The molecule has 1 aliphatic carbocycles. The molecular formula is C27H26N2O6. The van der Waals surface area contributed by atoms with Crippen molar-refractivity contribution in [3.05, 3.63) is 89.5 Å². The lowest BCUT2D eigenvalue weighted by atomic mass is 9.98. The van der Waals surface area contributed by atoms with Gasteiger partial charge in [0.25, 0.3) is 0 Å². The molecule has 3 aromatic rings. The monoisotopic (exact) mass is 474 g/mol. The van der Waals surface area contributed by atoms with Gasteiger partial charge in [-0.1, -0.05) is 60.7 Å². The molecule has 0 saturated heterocycles. The first-order valence-electron chi connectivity index (χ1n) is 11.2. The highest BCUT2D eigenvalue weighted by molar-refractivity contribution is 6.03. The van der Waals surface area contributed by atoms with Crippen LogP contribution in [0.1, 0.15) is 34.3 Å². The number of aromatic carboxylic acids is 1. The maximum absolute atomic E-state index is 13.0. The third-order valence-electron chi connectivity index (χ3n) is 6.16. The van der Waals surface area contributed by atoms with Crippen LogP contribution in [0.25, 0.3) is 11.1 Å². The van der Waals surface area contributed by atoms with Crippen LogP contribution in [-0.4, -0.2) is 48.9 Å². The van der Waals surface area contributed by atoms with Crippen molar-refractivity contribution >= 4 is 23.7 Å². The highest BCUT2D eigenvalue weighted by atomic mass is 16.5. The smallest absolute Gasteiger partial charge is 0.407 e. The van der Waals surface area contributed by atoms with Crippen molar-refractivity contribution in [1.29, 1.82) is 0 Å². The van der Waals surface area contributed by atoms with Crippen molar-refractivity contribution in [2.75, 3.05) is 19.0 Å². The molecule has 4 rings (SSSR count). The molecule has 8 heteroatoms. The van der Waals surface area contributed by atoms with E-state index in [1.807, 2.05) is 48.5 Å². The summed E-state index contributed by atoms with van der Waals surface area (Å²) >= 11 is 0. The molecule has 1 aliphatic rings. The van der Waals surface area contributed by atoms with Gasteiger partial charge in [0.2, 0.25) is 5.91 Å². The number of carboxylic acids is 1. The van der Waals surface area contributed by atoms with E-state index in [9.17, 15) is 19.5 Å². The topological polar surface area (TPSA) is 114 Å². The molecule has 0 saturated carbocycles. The molecule has 180 valence electrons. The molecule has 0 radical (unpaired) electrons. The van der Waals surface area contributed by atoms with Gasteiger partial charge in [-0.15, -0.1) is 0 Å². The summed E-state index contributed by atoms with van der Waals surface area (Å²) in [6.07, 6.45) is -1.48. The summed E-state index contributed by atoms with van der Waals surface area (Å²) in [5.74, 6) is -1.92. The van der Waals surface area contributed by atoms with E-state index >= 15 is 0 Å². The second-order valence-electron chi connectivity index (χ2n) is 8.23. The Morgan fingerprint density at radius 2 is 1.49 bits per heavy atom. The molecule has 2 unspecified atom stereocenters. The molecule has 8 nitrogen and oxygen atoms in total. The van der Waals surface area contributed by atoms with E-state index in [4.69, 9.17) is 9.47 Å². The van der Waals surface area contributed by atoms with Gasteiger partial charge < -0.3 is 25.2 Å². The lowest BCUT2D eigenvalue weighted by Gasteiger charge is -2.24. The largest absolute Gasteiger partial charge is 0.478 e. The number of rotatable bonds is 8. The average Bonchev–Trinajstić information content (AvgIpc) is 3.19. The van der Waals surface area contributed by atoms with Crippen molar-refractivity contribution in [3.63, 3.8) is 0 Å². The minimum Gasteiger partial charge on any atom is -0.478 e. The number of amides is 2. The van der Waals surface area contributed by atoms with Gasteiger partial charge in [0.05, 0.1) is 17.4 Å². The summed E-state index contributed by atoms with van der Waals surface area (Å²) < 4.78 is 10.8. The molecule has 35 heavy (non-hydrogen) atoms. The molecule has 0 aliphatic heterocycles. The van der Waals surface area contributed by atoms with E-state index in [2.05, 4.69) is 10.6 Å². The number of hydrogen-bond donors (Lipinski definition) is 3. The van der Waals surface area contributed by atoms with Crippen LogP contribution in [0.3, 0.4) is 0 Å². The minimum absolute atomic E-state index is 0.0641. The zero-order chi connectivity index (χ0) is 24.9. The number of fused-ring (bicyclic) bond motifs is 3. The van der Waals surface area contributed by atoms with Crippen LogP contribution in [0.15, 0.2) is 72.8 Å². The molecule has 3 aromatic carbocycles. The first-order chi connectivity index (χ1) is 16.9. The number of benzene rings is 3. The van der Waals surface area contributed by atoms with E-state index < -0.39 is 30.1 Å². The van der Waals surface area contributed by atoms with Gasteiger partial charge in [-0.3, -0.25) is 4.79 Å². The minimum atomic E-state index is -1.18. The fourth-order valence-corrected chi connectivity index (χ4v) is 4.29. The van der Waals surface area contributed by atoms with Crippen molar-refractivity contribution in [2.24, 2.45) is 0 Å². The van der Waals surface area contributed by atoms with Crippen LogP contribution < -0.4 is 10.6 Å². The van der Waals surface area contributed by atoms with Crippen molar-refractivity contribution in [1.82, 2.24) is 5.32 Å². The Balaban J connectivity index is 1.45. The summed E-state index contributed by atoms with van der Waals surface area (Å²) in [6, 6.07) is 20.9. The summed E-state index contributed by atoms with van der Waals surface area (Å²) in [6.45, 7) is 1.72. The maximum Gasteiger partial charge on any atom is 0.407 e. The number of carbonyl (C=O) groups excluding carboxylic acids is 2. The number of carbonyl (C=O) groups is 3. The number of alkyl carbamates (subject to hydrolysis) is 1. The Hall–Kier alpha value is -4.17. The normalized spacial score (nSPS) is 13.8. The highest BCUT2D eigenvalue weighted by Crippen LogP contribution is 2.44. The molecule has 0 aromatic heterocycles. The molecule has 3 N–H and O–H groups in total. The van der Waals surface area contributed by atoms with E-state index in [1.54, 1.807) is 19.1 Å². The van der Waals surface area contributed by atoms with Crippen LogP contribution in [0.4, 0.5) is 10.5 Å². The number of ether oxygens (including phenoxy) is 2. The number of carboxylic acid groups (broad SMARTS) is 1. The lowest BCUT2D eigenvalue weighted by Crippen LogP contribution is -2.51. The Morgan fingerprint density at radius 3 is 2.09 bits per heavy atom. The van der Waals surface area contributed by atoms with Crippen LogP contribution >= 0.6 is 0 Å². The fraction of sp³-hybridized carbons (Fsp3) is 0.222. The summed E-state index contributed by atoms with van der Waals surface area (Å²) in [7, 11) is 1.41. The van der Waals surface area contributed by atoms with Gasteiger partial charge >= 0.3 is 12.1 Å². The molecule has 0 heterocycles. The van der Waals surface area contributed by atoms with Gasteiger partial charge in [0.1, 0.15) is 12.6 Å². The quantitative estimate of drug-likeness (QED) is 0.449. The standard InChI is InChI=1S/C27H26N2O6/c1-16(34-2)24(25(30)28-23-14-8-7-13-21(23)26(31)32)29-27(33)35-15-22-19-11-5-3-9-17(19)18-10-4-6-12-20(18)22/h3-14,16,22,24H,15H2,1-2H3,(H,28,30)(H,29,33)(H,31,32). The fourth-order valence-electron chi connectivity index (χ4n) is 4.29. The lowest BCUT2D eigenvalue weighted by molar-refractivity contribution is -0.121. The first-order valence-corrected chi connectivity index (χ1v) is 11.2. The summed E-state index contributed by atoms with van der Waals surface area (Å²) in [5.41, 5.74) is 4.43. The van der Waals surface area contributed by atoms with Gasteiger partial charge in [-0.2, -0.15) is 0 Å². The van der Waals surface area contributed by atoms with Gasteiger partial charge in [-0.05, 0) is 41.3 Å². The third kappa shape index (κ3) is 5.02. The predicted octanol–water partition coefficient (Wildman–Crippen LogP) is 4.27. The zero-order valence-corrected chi connectivity index (χ0v) is 19.4. The predicted molar refractivity (Wildman–Crippen MR) is 130 cm³/mol. The molecule has 2 amide bonds. The second kappa shape index (κ2) is 10.4. The molecular weight excluding hydrogens is 448 g/mol. The van der Waals surface area contributed by atoms with Crippen LogP contribution in [-0.2, 0) is 14.3 Å². The number of methoxy groups -OCH3 is 1. The van der Waals surface area contributed by atoms with Crippen LogP contribution in [0.2, 0.25) is 0 Å². The molecule has 0 spiro atoms.